The number of aromatic nitrogens is 2. The lowest BCUT2D eigenvalue weighted by molar-refractivity contribution is -0.137. The zero-order valence-electron chi connectivity index (χ0n) is 13.7. The van der Waals surface area contributed by atoms with E-state index < -0.39 is 11.7 Å². The summed E-state index contributed by atoms with van der Waals surface area (Å²) in [5.41, 5.74) is -0.730. The van der Waals surface area contributed by atoms with E-state index in [1.807, 2.05) is 6.92 Å². The lowest BCUT2D eigenvalue weighted by atomic mass is 10.2. The van der Waals surface area contributed by atoms with Gasteiger partial charge in [0.2, 0.25) is 11.7 Å². The van der Waals surface area contributed by atoms with Crippen LogP contribution in [0, 0.1) is 0 Å². The van der Waals surface area contributed by atoms with Gasteiger partial charge in [0.1, 0.15) is 0 Å². The minimum atomic E-state index is -4.49. The second-order valence-corrected chi connectivity index (χ2v) is 6.02. The Kier molecular flexibility index (Phi) is 7.09. The van der Waals surface area contributed by atoms with Gasteiger partial charge in [-0.1, -0.05) is 30.1 Å². The van der Waals surface area contributed by atoms with Crippen LogP contribution in [0.2, 0.25) is 0 Å². The Bertz CT molecular complexity index is 737. The summed E-state index contributed by atoms with van der Waals surface area (Å²) < 4.78 is 46.1. The highest BCUT2D eigenvalue weighted by Crippen LogP contribution is 2.30. The van der Waals surface area contributed by atoms with Crippen LogP contribution in [-0.2, 0) is 6.18 Å². The molecule has 0 radical (unpaired) electrons. The van der Waals surface area contributed by atoms with E-state index in [1.165, 1.54) is 12.1 Å². The monoisotopic (exact) mass is 390 g/mol. The molecular weight excluding hydrogens is 373 g/mol. The number of nitrogens with zero attached hydrogens (tertiary/aromatic N) is 3. The summed E-state index contributed by atoms with van der Waals surface area (Å²) in [6, 6.07) is 4.45. The van der Waals surface area contributed by atoms with E-state index in [1.54, 1.807) is 11.9 Å². The molecule has 0 spiro atoms. The molecule has 26 heavy (non-hydrogen) atoms. The van der Waals surface area contributed by atoms with Crippen molar-refractivity contribution in [1.82, 2.24) is 15.0 Å². The fourth-order valence-electron chi connectivity index (χ4n) is 1.91. The van der Waals surface area contributed by atoms with Crippen molar-refractivity contribution in [2.45, 2.75) is 13.1 Å². The van der Waals surface area contributed by atoms with Gasteiger partial charge in [-0.15, -0.1) is 0 Å². The first-order valence-electron chi connectivity index (χ1n) is 7.53. The standard InChI is InChI=1S/C14H17F3N6O2S/c1-2-26-19-7-6-18-12-11(22-25-23-12)13(21-24)20-10-5-3-4-9(8-10)14(15,16)17/h3-5,8,19,24H,2,6-7H2,1H3,(H,18,23)(H,20,21). The van der Waals surface area contributed by atoms with Crippen LogP contribution in [0.15, 0.2) is 34.1 Å². The largest absolute Gasteiger partial charge is 0.416 e. The van der Waals surface area contributed by atoms with Gasteiger partial charge in [-0.3, -0.25) is 4.72 Å². The molecule has 0 aliphatic carbocycles. The summed E-state index contributed by atoms with van der Waals surface area (Å²) in [7, 11) is 0. The summed E-state index contributed by atoms with van der Waals surface area (Å²) in [6.07, 6.45) is -4.49. The molecule has 1 aromatic carbocycles. The van der Waals surface area contributed by atoms with Crippen molar-refractivity contribution in [1.29, 1.82) is 0 Å². The number of anilines is 2. The highest BCUT2D eigenvalue weighted by Gasteiger charge is 2.30. The first-order chi connectivity index (χ1) is 12.5. The molecule has 0 fully saturated rings. The lowest BCUT2D eigenvalue weighted by Crippen LogP contribution is -2.20. The lowest BCUT2D eigenvalue weighted by Gasteiger charge is -2.11. The maximum Gasteiger partial charge on any atom is 0.416 e. The molecule has 8 nitrogen and oxygen atoms in total. The quantitative estimate of drug-likeness (QED) is 0.136. The zero-order chi connectivity index (χ0) is 19.0. The molecule has 0 bridgehead atoms. The van der Waals surface area contributed by atoms with Gasteiger partial charge >= 0.3 is 6.18 Å². The molecule has 0 atom stereocenters. The summed E-state index contributed by atoms with van der Waals surface area (Å²) in [5, 5.41) is 25.0. The molecule has 0 amide bonds. The fourth-order valence-corrected chi connectivity index (χ4v) is 2.36. The zero-order valence-corrected chi connectivity index (χ0v) is 14.5. The predicted octanol–water partition coefficient (Wildman–Crippen LogP) is 3.01. The Labute approximate surface area is 151 Å². The number of halogens is 3. The Hall–Kier alpha value is -2.47. The first kappa shape index (κ1) is 19.8. The minimum Gasteiger partial charge on any atom is -0.409 e. The van der Waals surface area contributed by atoms with Crippen LogP contribution in [0.5, 0.6) is 0 Å². The summed E-state index contributed by atoms with van der Waals surface area (Å²) in [4.78, 5) is 0. The van der Waals surface area contributed by atoms with Crippen LogP contribution in [0.25, 0.3) is 0 Å². The Morgan fingerprint density at radius 1 is 1.31 bits per heavy atom. The van der Waals surface area contributed by atoms with Crippen molar-refractivity contribution in [3.63, 3.8) is 0 Å². The first-order valence-corrected chi connectivity index (χ1v) is 8.52. The highest BCUT2D eigenvalue weighted by molar-refractivity contribution is 7.97. The molecule has 0 aliphatic rings. The van der Waals surface area contributed by atoms with Crippen molar-refractivity contribution in [2.24, 2.45) is 5.16 Å². The van der Waals surface area contributed by atoms with Crippen molar-refractivity contribution in [3.8, 4) is 0 Å². The number of hydrogen-bond donors (Lipinski definition) is 4. The molecule has 0 aliphatic heterocycles. The highest BCUT2D eigenvalue weighted by atomic mass is 32.2. The van der Waals surface area contributed by atoms with E-state index in [9.17, 15) is 18.4 Å². The van der Waals surface area contributed by atoms with Gasteiger partial charge in [0.05, 0.1) is 5.56 Å². The van der Waals surface area contributed by atoms with Gasteiger partial charge in [0.25, 0.3) is 0 Å². The van der Waals surface area contributed by atoms with E-state index in [0.29, 0.717) is 13.1 Å². The maximum atomic E-state index is 12.8. The van der Waals surface area contributed by atoms with E-state index in [-0.39, 0.29) is 23.0 Å². The molecule has 1 heterocycles. The van der Waals surface area contributed by atoms with Gasteiger partial charge in [-0.25, -0.2) is 4.63 Å². The average molecular weight is 390 g/mol. The van der Waals surface area contributed by atoms with Crippen LogP contribution < -0.4 is 15.4 Å². The van der Waals surface area contributed by atoms with Crippen molar-refractivity contribution in [2.75, 3.05) is 29.5 Å². The van der Waals surface area contributed by atoms with E-state index >= 15 is 0 Å². The normalized spacial score (nSPS) is 12.2. The Balaban J connectivity index is 2.07. The van der Waals surface area contributed by atoms with Gasteiger partial charge in [0.15, 0.2) is 5.69 Å². The third-order valence-electron chi connectivity index (χ3n) is 3.03. The summed E-state index contributed by atoms with van der Waals surface area (Å²) in [5.74, 6) is 0.906. The van der Waals surface area contributed by atoms with Crippen LogP contribution in [0.1, 0.15) is 18.2 Å². The van der Waals surface area contributed by atoms with E-state index in [2.05, 4.69) is 35.5 Å². The van der Waals surface area contributed by atoms with Crippen molar-refractivity contribution in [3.05, 3.63) is 35.5 Å². The number of benzene rings is 1. The average Bonchev–Trinajstić information content (AvgIpc) is 3.07. The van der Waals surface area contributed by atoms with Crippen LogP contribution in [0.3, 0.4) is 0 Å². The summed E-state index contributed by atoms with van der Waals surface area (Å²) in [6.45, 7) is 3.11. The van der Waals surface area contributed by atoms with Gasteiger partial charge < -0.3 is 15.8 Å². The third-order valence-corrected chi connectivity index (χ3v) is 3.73. The molecule has 1 aromatic heterocycles. The van der Waals surface area contributed by atoms with Crippen LogP contribution >= 0.6 is 11.9 Å². The number of hydrogen-bond acceptors (Lipinski definition) is 8. The minimum absolute atomic E-state index is 0.0352. The van der Waals surface area contributed by atoms with Gasteiger partial charge in [0, 0.05) is 24.5 Å². The molecule has 2 rings (SSSR count). The molecular formula is C14H17F3N6O2S. The molecule has 0 saturated carbocycles. The van der Waals surface area contributed by atoms with Gasteiger partial charge in [-0.05, 0) is 28.5 Å². The van der Waals surface area contributed by atoms with E-state index in [4.69, 9.17) is 0 Å². The maximum absolute atomic E-state index is 12.8. The van der Waals surface area contributed by atoms with E-state index in [0.717, 1.165) is 17.9 Å². The fraction of sp³-hybridized carbons (Fsp3) is 0.357. The smallest absolute Gasteiger partial charge is 0.409 e. The van der Waals surface area contributed by atoms with Crippen LogP contribution in [-0.4, -0.2) is 40.2 Å². The molecule has 12 heteroatoms. The topological polar surface area (TPSA) is 108 Å². The van der Waals surface area contributed by atoms with Crippen molar-refractivity contribution < 1.29 is 23.0 Å². The molecule has 0 unspecified atom stereocenters. The predicted molar refractivity (Wildman–Crippen MR) is 92.3 cm³/mol. The SMILES string of the molecule is CCSNCCNc1nonc1/C(=N/O)Nc1cccc(C(F)(F)F)c1. The molecule has 4 N–H and O–H groups in total. The van der Waals surface area contributed by atoms with Crippen molar-refractivity contribution >= 4 is 29.3 Å². The third kappa shape index (κ3) is 5.52. The summed E-state index contributed by atoms with van der Waals surface area (Å²) >= 11 is 1.55. The number of amidine groups is 1. The Morgan fingerprint density at radius 2 is 2.12 bits per heavy atom. The second-order valence-electron chi connectivity index (χ2n) is 4.87. The second kappa shape index (κ2) is 9.29. The number of rotatable bonds is 8. The van der Waals surface area contributed by atoms with Gasteiger partial charge in [-0.2, -0.15) is 13.2 Å². The number of oxime groups is 1. The molecule has 142 valence electrons. The molecule has 2 aromatic rings. The Morgan fingerprint density at radius 3 is 2.81 bits per heavy atom. The molecule has 0 saturated heterocycles. The van der Waals surface area contributed by atoms with Crippen LogP contribution in [0.4, 0.5) is 24.7 Å². The number of alkyl halides is 3. The number of nitrogens with one attached hydrogen (secondary N) is 3.